The van der Waals surface area contributed by atoms with Crippen LogP contribution >= 0.6 is 24.0 Å². The summed E-state index contributed by atoms with van der Waals surface area (Å²) in [6.45, 7) is 3.69. The van der Waals surface area contributed by atoms with Crippen LogP contribution in [0.5, 0.6) is 0 Å². The number of aliphatic imine (C=N–C) groups is 1. The minimum Gasteiger partial charge on any atom is -0.377 e. The Morgan fingerprint density at radius 1 is 1.42 bits per heavy atom. The Kier molecular flexibility index (Phi) is 7.69. The molecule has 3 rings (SSSR count). The van der Waals surface area contributed by atoms with Gasteiger partial charge in [-0.2, -0.15) is 5.10 Å². The van der Waals surface area contributed by atoms with Crippen LogP contribution in [-0.4, -0.2) is 50.9 Å². The molecule has 0 saturated heterocycles. The van der Waals surface area contributed by atoms with Gasteiger partial charge in [-0.3, -0.25) is 4.99 Å². The topological polar surface area (TPSA) is 102 Å². The summed E-state index contributed by atoms with van der Waals surface area (Å²) in [5, 5.41) is 11.2. The molecule has 0 amide bonds. The van der Waals surface area contributed by atoms with Gasteiger partial charge in [-0.15, -0.1) is 24.0 Å². The van der Waals surface area contributed by atoms with E-state index in [-0.39, 0.29) is 30.0 Å². The van der Waals surface area contributed by atoms with Crippen molar-refractivity contribution in [1.29, 1.82) is 0 Å². The molecule has 2 aromatic rings. The number of rotatable bonds is 5. The average molecular weight is 472 g/mol. The third-order valence-electron chi connectivity index (χ3n) is 4.01. The summed E-state index contributed by atoms with van der Waals surface area (Å²) < 4.78 is 7.06. The Labute approximate surface area is 170 Å². The predicted octanol–water partition coefficient (Wildman–Crippen LogP) is 0.821. The van der Waals surface area contributed by atoms with E-state index >= 15 is 0 Å². The average Bonchev–Trinajstić information content (AvgIpc) is 3.00. The molecule has 1 atom stereocenters. The molecule has 2 aromatic heterocycles. The molecule has 26 heavy (non-hydrogen) atoms. The lowest BCUT2D eigenvalue weighted by Gasteiger charge is -2.25. The van der Waals surface area contributed by atoms with E-state index < -0.39 is 0 Å². The van der Waals surface area contributed by atoms with Gasteiger partial charge in [0, 0.05) is 32.8 Å². The molecule has 0 saturated carbocycles. The maximum Gasteiger partial charge on any atom is 0.191 e. The van der Waals surface area contributed by atoms with Crippen molar-refractivity contribution >= 4 is 29.9 Å². The number of aromatic nitrogens is 5. The van der Waals surface area contributed by atoms with E-state index in [0.29, 0.717) is 13.2 Å². The van der Waals surface area contributed by atoms with Crippen LogP contribution in [0.25, 0.3) is 0 Å². The largest absolute Gasteiger partial charge is 0.377 e. The highest BCUT2D eigenvalue weighted by molar-refractivity contribution is 14.0. The molecule has 0 bridgehead atoms. The smallest absolute Gasteiger partial charge is 0.191 e. The number of guanidine groups is 1. The standard InChI is InChI=1S/C16H24N8O.HI/c1-11-18-7-6-12(20-11)8-19-16(17-2)21-13-4-5-15-22-14(10-25-3)23-24(15)9-13;/h6-7,13H,4-5,8-10H2,1-3H3,(H2,17,19,21);1H. The molecule has 1 aliphatic rings. The second kappa shape index (κ2) is 9.76. The minimum atomic E-state index is 0. The second-order valence-corrected chi connectivity index (χ2v) is 5.96. The second-order valence-electron chi connectivity index (χ2n) is 5.96. The van der Waals surface area contributed by atoms with Crippen molar-refractivity contribution in [3.05, 3.63) is 35.4 Å². The number of hydrogen-bond donors (Lipinski definition) is 2. The summed E-state index contributed by atoms with van der Waals surface area (Å²) >= 11 is 0. The molecule has 0 spiro atoms. The van der Waals surface area contributed by atoms with Gasteiger partial charge < -0.3 is 15.4 Å². The Morgan fingerprint density at radius 3 is 3.00 bits per heavy atom. The highest BCUT2D eigenvalue weighted by atomic mass is 127. The molecule has 0 fully saturated rings. The van der Waals surface area contributed by atoms with E-state index in [1.54, 1.807) is 20.4 Å². The van der Waals surface area contributed by atoms with Gasteiger partial charge in [0.2, 0.25) is 0 Å². The Morgan fingerprint density at radius 2 is 2.27 bits per heavy atom. The van der Waals surface area contributed by atoms with Gasteiger partial charge in [0.05, 0.1) is 18.8 Å². The van der Waals surface area contributed by atoms with Gasteiger partial charge >= 0.3 is 0 Å². The first-order valence-electron chi connectivity index (χ1n) is 8.35. The number of aryl methyl sites for hydroxylation is 2. The lowest BCUT2D eigenvalue weighted by Crippen LogP contribution is -2.46. The fourth-order valence-corrected chi connectivity index (χ4v) is 2.83. The highest BCUT2D eigenvalue weighted by Gasteiger charge is 2.22. The van der Waals surface area contributed by atoms with Crippen molar-refractivity contribution in [3.63, 3.8) is 0 Å². The number of ether oxygens (including phenoxy) is 1. The van der Waals surface area contributed by atoms with E-state index in [2.05, 4.69) is 35.7 Å². The van der Waals surface area contributed by atoms with Crippen LogP contribution in [0.1, 0.15) is 29.6 Å². The van der Waals surface area contributed by atoms with Crippen molar-refractivity contribution in [3.8, 4) is 0 Å². The maximum atomic E-state index is 5.10. The van der Waals surface area contributed by atoms with E-state index in [1.165, 1.54) is 0 Å². The summed E-state index contributed by atoms with van der Waals surface area (Å²) in [7, 11) is 3.42. The Balaban J connectivity index is 0.00000243. The third-order valence-corrected chi connectivity index (χ3v) is 4.01. The summed E-state index contributed by atoms with van der Waals surface area (Å²) in [5.41, 5.74) is 0.932. The van der Waals surface area contributed by atoms with E-state index in [9.17, 15) is 0 Å². The van der Waals surface area contributed by atoms with Crippen molar-refractivity contribution < 1.29 is 4.74 Å². The van der Waals surface area contributed by atoms with Gasteiger partial charge in [0.25, 0.3) is 0 Å². The van der Waals surface area contributed by atoms with Crippen molar-refractivity contribution in [2.24, 2.45) is 4.99 Å². The number of nitrogens with zero attached hydrogens (tertiary/aromatic N) is 6. The molecule has 9 nitrogen and oxygen atoms in total. The number of fused-ring (bicyclic) bond motifs is 1. The zero-order valence-corrected chi connectivity index (χ0v) is 17.6. The number of hydrogen-bond acceptors (Lipinski definition) is 6. The fourth-order valence-electron chi connectivity index (χ4n) is 2.83. The van der Waals surface area contributed by atoms with Gasteiger partial charge in [-0.1, -0.05) is 0 Å². The van der Waals surface area contributed by atoms with Gasteiger partial charge in [0.15, 0.2) is 11.8 Å². The molecular formula is C16H25IN8O. The minimum absolute atomic E-state index is 0. The molecule has 2 N–H and O–H groups in total. The highest BCUT2D eigenvalue weighted by Crippen LogP contribution is 2.13. The first kappa shape index (κ1) is 20.5. The SMILES string of the molecule is CN=C(NCc1ccnc(C)n1)NC1CCc2nc(COC)nn2C1.I. The van der Waals surface area contributed by atoms with Crippen molar-refractivity contribution in [2.75, 3.05) is 14.2 Å². The van der Waals surface area contributed by atoms with Gasteiger partial charge in [-0.05, 0) is 19.4 Å². The van der Waals surface area contributed by atoms with Crippen molar-refractivity contribution in [1.82, 2.24) is 35.4 Å². The summed E-state index contributed by atoms with van der Waals surface area (Å²) in [6.07, 6.45) is 3.63. The van der Waals surface area contributed by atoms with E-state index in [0.717, 1.165) is 48.5 Å². The third kappa shape index (κ3) is 5.34. The van der Waals surface area contributed by atoms with E-state index in [4.69, 9.17) is 4.74 Å². The van der Waals surface area contributed by atoms with Crippen LogP contribution < -0.4 is 10.6 Å². The molecule has 3 heterocycles. The van der Waals surface area contributed by atoms with Crippen LogP contribution in [0, 0.1) is 6.92 Å². The van der Waals surface area contributed by atoms with Gasteiger partial charge in [0.1, 0.15) is 18.3 Å². The van der Waals surface area contributed by atoms with Crippen LogP contribution in [0.3, 0.4) is 0 Å². The van der Waals surface area contributed by atoms with Crippen LogP contribution in [0.2, 0.25) is 0 Å². The molecule has 1 unspecified atom stereocenters. The molecule has 10 heteroatoms. The molecular weight excluding hydrogens is 447 g/mol. The van der Waals surface area contributed by atoms with Gasteiger partial charge in [-0.25, -0.2) is 19.6 Å². The fraction of sp³-hybridized carbons (Fsp3) is 0.562. The number of methoxy groups -OCH3 is 1. The molecule has 142 valence electrons. The summed E-state index contributed by atoms with van der Waals surface area (Å²) in [5.74, 6) is 3.27. The monoisotopic (exact) mass is 472 g/mol. The van der Waals surface area contributed by atoms with Crippen LogP contribution in [0.15, 0.2) is 17.3 Å². The quantitative estimate of drug-likeness (QED) is 0.378. The summed E-state index contributed by atoms with van der Waals surface area (Å²) in [6, 6.07) is 2.15. The normalized spacial score (nSPS) is 16.6. The molecule has 1 aliphatic heterocycles. The lowest BCUT2D eigenvalue weighted by molar-refractivity contribution is 0.177. The zero-order chi connectivity index (χ0) is 17.6. The Bertz CT molecular complexity index is 748. The maximum absolute atomic E-state index is 5.10. The first-order chi connectivity index (χ1) is 12.2. The number of halogens is 1. The predicted molar refractivity (Wildman–Crippen MR) is 108 cm³/mol. The van der Waals surface area contributed by atoms with Crippen LogP contribution in [-0.2, 0) is 30.9 Å². The first-order valence-corrected chi connectivity index (χ1v) is 8.35. The molecule has 0 radical (unpaired) electrons. The lowest BCUT2D eigenvalue weighted by atomic mass is 10.1. The van der Waals surface area contributed by atoms with Crippen LogP contribution in [0.4, 0.5) is 0 Å². The molecule has 0 aliphatic carbocycles. The van der Waals surface area contributed by atoms with E-state index in [1.807, 2.05) is 17.7 Å². The molecule has 0 aromatic carbocycles. The summed E-state index contributed by atoms with van der Waals surface area (Å²) in [4.78, 5) is 17.3. The zero-order valence-electron chi connectivity index (χ0n) is 15.3. The van der Waals surface area contributed by atoms with Crippen molar-refractivity contribution in [2.45, 2.75) is 45.5 Å². The number of nitrogens with one attached hydrogen (secondary N) is 2. The Hall–Kier alpha value is -1.82.